The molecule has 0 amide bonds. The Kier molecular flexibility index (Phi) is 3.65. The molecule has 0 saturated heterocycles. The van der Waals surface area contributed by atoms with Crippen LogP contribution in [0.2, 0.25) is 0 Å². The molecule has 0 unspecified atom stereocenters. The van der Waals surface area contributed by atoms with Gasteiger partial charge in [-0.1, -0.05) is 0 Å². The van der Waals surface area contributed by atoms with Crippen LogP contribution in [0.5, 0.6) is 11.8 Å². The quantitative estimate of drug-likeness (QED) is 0.771. The Labute approximate surface area is 126 Å². The summed E-state index contributed by atoms with van der Waals surface area (Å²) >= 11 is 0. The fourth-order valence-corrected chi connectivity index (χ4v) is 1.96. The molecule has 2 N–H and O–H groups in total. The maximum atomic E-state index is 5.65. The van der Waals surface area contributed by atoms with Gasteiger partial charge in [-0.2, -0.15) is 9.97 Å². The number of nitrogen functional groups attached to an aromatic ring is 1. The minimum atomic E-state index is 0.101. The molecule has 0 bridgehead atoms. The van der Waals surface area contributed by atoms with Crippen LogP contribution in [0.3, 0.4) is 0 Å². The normalized spacial score (nSPS) is 10.6. The van der Waals surface area contributed by atoms with E-state index in [-0.39, 0.29) is 5.95 Å². The standard InChI is InChI=1S/C14H14N6O2/c1-3-22-13-11-12(19-14(15)20-13)17-7-9(18-11)8-4-5-16-10(6-8)21-2/h4-7H,3H2,1-2H3,(H2,15,17,19,20). The van der Waals surface area contributed by atoms with E-state index < -0.39 is 0 Å². The summed E-state index contributed by atoms with van der Waals surface area (Å²) in [6, 6.07) is 3.59. The number of anilines is 1. The third-order valence-corrected chi connectivity index (χ3v) is 2.91. The first-order chi connectivity index (χ1) is 10.7. The predicted molar refractivity (Wildman–Crippen MR) is 80.5 cm³/mol. The van der Waals surface area contributed by atoms with E-state index in [9.17, 15) is 0 Å². The summed E-state index contributed by atoms with van der Waals surface area (Å²) in [5, 5.41) is 0. The minimum Gasteiger partial charge on any atom is -0.481 e. The molecular formula is C14H14N6O2. The molecule has 112 valence electrons. The molecule has 0 aliphatic heterocycles. The van der Waals surface area contributed by atoms with E-state index in [2.05, 4.69) is 24.9 Å². The lowest BCUT2D eigenvalue weighted by molar-refractivity contribution is 0.330. The maximum absolute atomic E-state index is 5.65. The first-order valence-electron chi connectivity index (χ1n) is 6.64. The molecule has 0 fully saturated rings. The molecule has 3 aromatic heterocycles. The Balaban J connectivity index is 2.15. The van der Waals surface area contributed by atoms with Crippen LogP contribution in [-0.4, -0.2) is 38.6 Å². The van der Waals surface area contributed by atoms with Crippen molar-refractivity contribution in [1.82, 2.24) is 24.9 Å². The van der Waals surface area contributed by atoms with E-state index >= 15 is 0 Å². The molecule has 3 aromatic rings. The van der Waals surface area contributed by atoms with Crippen molar-refractivity contribution < 1.29 is 9.47 Å². The van der Waals surface area contributed by atoms with Gasteiger partial charge in [-0.05, 0) is 13.0 Å². The number of methoxy groups -OCH3 is 1. The monoisotopic (exact) mass is 298 g/mol. The first-order valence-corrected chi connectivity index (χ1v) is 6.64. The van der Waals surface area contributed by atoms with Crippen LogP contribution in [0.4, 0.5) is 5.95 Å². The molecule has 8 heteroatoms. The van der Waals surface area contributed by atoms with Gasteiger partial charge in [0.25, 0.3) is 0 Å². The van der Waals surface area contributed by atoms with Gasteiger partial charge in [0, 0.05) is 17.8 Å². The molecule has 0 aromatic carbocycles. The zero-order valence-corrected chi connectivity index (χ0v) is 12.1. The maximum Gasteiger partial charge on any atom is 0.247 e. The molecule has 0 spiro atoms. The third-order valence-electron chi connectivity index (χ3n) is 2.91. The molecule has 0 saturated carbocycles. The number of hydrogen-bond donors (Lipinski definition) is 1. The molecule has 3 rings (SSSR count). The molecule has 8 nitrogen and oxygen atoms in total. The van der Waals surface area contributed by atoms with Crippen LogP contribution in [0.1, 0.15) is 6.92 Å². The van der Waals surface area contributed by atoms with Crippen LogP contribution >= 0.6 is 0 Å². The Morgan fingerprint density at radius 2 is 2.05 bits per heavy atom. The molecule has 22 heavy (non-hydrogen) atoms. The van der Waals surface area contributed by atoms with E-state index in [4.69, 9.17) is 15.2 Å². The highest BCUT2D eigenvalue weighted by molar-refractivity contribution is 5.79. The number of nitrogens with zero attached hydrogens (tertiary/aromatic N) is 5. The SMILES string of the molecule is CCOc1nc(N)nc2ncc(-c3ccnc(OC)c3)nc12. The van der Waals surface area contributed by atoms with Crippen LogP contribution in [0.15, 0.2) is 24.5 Å². The minimum absolute atomic E-state index is 0.101. The zero-order chi connectivity index (χ0) is 15.5. The number of aromatic nitrogens is 5. The lowest BCUT2D eigenvalue weighted by Crippen LogP contribution is -2.04. The zero-order valence-electron chi connectivity index (χ0n) is 12.1. The van der Waals surface area contributed by atoms with E-state index in [1.807, 2.05) is 13.0 Å². The molecule has 0 aliphatic carbocycles. The van der Waals surface area contributed by atoms with Crippen molar-refractivity contribution >= 4 is 17.1 Å². The van der Waals surface area contributed by atoms with E-state index in [0.717, 1.165) is 5.56 Å². The van der Waals surface area contributed by atoms with Crippen LogP contribution < -0.4 is 15.2 Å². The van der Waals surface area contributed by atoms with Crippen molar-refractivity contribution in [2.45, 2.75) is 6.92 Å². The summed E-state index contributed by atoms with van der Waals surface area (Å²) in [6.07, 6.45) is 3.25. The first kappa shape index (κ1) is 13.9. The number of hydrogen-bond acceptors (Lipinski definition) is 8. The Bertz CT molecular complexity index is 824. The van der Waals surface area contributed by atoms with E-state index in [1.54, 1.807) is 25.6 Å². The second kappa shape index (κ2) is 5.76. The molecular weight excluding hydrogens is 284 g/mol. The van der Waals surface area contributed by atoms with Crippen molar-refractivity contribution in [1.29, 1.82) is 0 Å². The fraction of sp³-hybridized carbons (Fsp3) is 0.214. The smallest absolute Gasteiger partial charge is 0.247 e. The topological polar surface area (TPSA) is 109 Å². The Morgan fingerprint density at radius 1 is 1.18 bits per heavy atom. The average molecular weight is 298 g/mol. The highest BCUT2D eigenvalue weighted by atomic mass is 16.5. The second-order valence-corrected chi connectivity index (χ2v) is 4.33. The predicted octanol–water partition coefficient (Wildman–Crippen LogP) is 1.47. The summed E-state index contributed by atoms with van der Waals surface area (Å²) in [4.78, 5) is 21.0. The van der Waals surface area contributed by atoms with Crippen molar-refractivity contribution in [3.05, 3.63) is 24.5 Å². The van der Waals surface area contributed by atoms with Crippen molar-refractivity contribution in [3.63, 3.8) is 0 Å². The van der Waals surface area contributed by atoms with Gasteiger partial charge in [-0.15, -0.1) is 0 Å². The lowest BCUT2D eigenvalue weighted by atomic mass is 10.2. The van der Waals surface area contributed by atoms with Crippen LogP contribution in [-0.2, 0) is 0 Å². The summed E-state index contributed by atoms with van der Waals surface area (Å²) in [5.74, 6) is 0.918. The summed E-state index contributed by atoms with van der Waals surface area (Å²) in [5.41, 5.74) is 7.96. The number of pyridine rings is 1. The average Bonchev–Trinajstić information content (AvgIpc) is 2.55. The summed E-state index contributed by atoms with van der Waals surface area (Å²) in [7, 11) is 1.56. The van der Waals surface area contributed by atoms with Crippen molar-refractivity contribution in [2.24, 2.45) is 0 Å². The van der Waals surface area contributed by atoms with E-state index in [1.165, 1.54) is 0 Å². The largest absolute Gasteiger partial charge is 0.481 e. The van der Waals surface area contributed by atoms with Gasteiger partial charge in [0.15, 0.2) is 11.2 Å². The van der Waals surface area contributed by atoms with Crippen molar-refractivity contribution in [3.8, 4) is 23.0 Å². The van der Waals surface area contributed by atoms with Crippen molar-refractivity contribution in [2.75, 3.05) is 19.5 Å². The molecule has 0 radical (unpaired) electrons. The number of rotatable bonds is 4. The molecule has 0 aliphatic rings. The number of ether oxygens (including phenoxy) is 2. The fourth-order valence-electron chi connectivity index (χ4n) is 1.96. The van der Waals surface area contributed by atoms with Gasteiger partial charge in [-0.3, -0.25) is 0 Å². The van der Waals surface area contributed by atoms with Gasteiger partial charge in [0.1, 0.15) is 0 Å². The Hall–Kier alpha value is -3.03. The Morgan fingerprint density at radius 3 is 2.82 bits per heavy atom. The summed E-state index contributed by atoms with van der Waals surface area (Å²) in [6.45, 7) is 2.30. The molecule has 3 heterocycles. The van der Waals surface area contributed by atoms with Gasteiger partial charge >= 0.3 is 0 Å². The van der Waals surface area contributed by atoms with Crippen LogP contribution in [0.25, 0.3) is 22.4 Å². The second-order valence-electron chi connectivity index (χ2n) is 4.33. The van der Waals surface area contributed by atoms with Crippen LogP contribution in [0, 0.1) is 0 Å². The van der Waals surface area contributed by atoms with Gasteiger partial charge in [0.2, 0.25) is 17.7 Å². The highest BCUT2D eigenvalue weighted by Gasteiger charge is 2.12. The van der Waals surface area contributed by atoms with Gasteiger partial charge in [0.05, 0.1) is 25.6 Å². The van der Waals surface area contributed by atoms with Gasteiger partial charge in [-0.25, -0.2) is 15.0 Å². The van der Waals surface area contributed by atoms with Gasteiger partial charge < -0.3 is 15.2 Å². The lowest BCUT2D eigenvalue weighted by Gasteiger charge is -2.08. The highest BCUT2D eigenvalue weighted by Crippen LogP contribution is 2.25. The number of fused-ring (bicyclic) bond motifs is 1. The summed E-state index contributed by atoms with van der Waals surface area (Å²) < 4.78 is 10.6. The number of nitrogens with two attached hydrogens (primary N) is 1. The molecule has 0 atom stereocenters. The van der Waals surface area contributed by atoms with E-state index in [0.29, 0.717) is 35.2 Å². The third kappa shape index (κ3) is 2.58.